The number of nitrogens with zero attached hydrogens (tertiary/aromatic N) is 2. The molecule has 3 N–H and O–H groups in total. The molecule has 0 spiro atoms. The number of ether oxygens (including phenoxy) is 1. The number of hydrogen-bond donors (Lipinski definition) is 3. The normalized spacial score (nSPS) is 15.6. The van der Waals surface area contributed by atoms with Crippen molar-refractivity contribution in [1.82, 2.24) is 15.1 Å². The first-order chi connectivity index (χ1) is 13.1. The van der Waals surface area contributed by atoms with Crippen LogP contribution < -0.4 is 10.1 Å². The monoisotopic (exact) mass is 395 g/mol. The van der Waals surface area contributed by atoms with Crippen LogP contribution in [-0.4, -0.2) is 84.4 Å². The number of amides is 2. The molecule has 1 fully saturated rings. The van der Waals surface area contributed by atoms with Gasteiger partial charge in [-0.2, -0.15) is 0 Å². The van der Waals surface area contributed by atoms with Crippen LogP contribution in [0.5, 0.6) is 5.75 Å². The molecule has 9 heteroatoms. The largest absolute Gasteiger partial charge is 0.488 e. The number of carboxylic acid groups (broad SMARTS) is 2. The molecule has 2 amide bonds. The van der Waals surface area contributed by atoms with Crippen LogP contribution in [0, 0.1) is 13.8 Å². The fraction of sp³-hybridized carbons (Fsp3) is 0.526. The van der Waals surface area contributed by atoms with E-state index >= 15 is 0 Å². The van der Waals surface area contributed by atoms with Crippen molar-refractivity contribution in [3.05, 3.63) is 29.3 Å². The second-order valence-corrected chi connectivity index (χ2v) is 6.94. The van der Waals surface area contributed by atoms with Crippen molar-refractivity contribution < 1.29 is 29.3 Å². The molecule has 28 heavy (non-hydrogen) atoms. The van der Waals surface area contributed by atoms with Crippen molar-refractivity contribution >= 4 is 18.0 Å². The van der Waals surface area contributed by atoms with Crippen LogP contribution in [0.3, 0.4) is 0 Å². The van der Waals surface area contributed by atoms with Crippen molar-refractivity contribution in [2.24, 2.45) is 0 Å². The highest BCUT2D eigenvalue weighted by Gasteiger charge is 2.27. The molecule has 0 bridgehead atoms. The lowest BCUT2D eigenvalue weighted by Crippen LogP contribution is -2.41. The van der Waals surface area contributed by atoms with Crippen molar-refractivity contribution in [3.8, 4) is 5.75 Å². The van der Waals surface area contributed by atoms with Gasteiger partial charge in [-0.05, 0) is 51.2 Å². The van der Waals surface area contributed by atoms with Crippen LogP contribution in [0.2, 0.25) is 0 Å². The van der Waals surface area contributed by atoms with Crippen LogP contribution in [0.1, 0.15) is 17.5 Å². The number of benzene rings is 1. The topological polar surface area (TPSA) is 119 Å². The predicted molar refractivity (Wildman–Crippen MR) is 104 cm³/mol. The minimum Gasteiger partial charge on any atom is -0.488 e. The number of carboxylic acids is 2. The maximum absolute atomic E-state index is 12.1. The third-order valence-corrected chi connectivity index (χ3v) is 3.95. The summed E-state index contributed by atoms with van der Waals surface area (Å²) in [6.07, 6.45) is 0.967. The van der Waals surface area contributed by atoms with Crippen LogP contribution in [0.25, 0.3) is 0 Å². The standard InChI is InChI=1S/C17H27N3O2.C2H2O4/c1-13-9-14(2)11-16(10-13)22-15-5-7-20(12-15)17(21)18-6-8-19(3)4;3-1(4)2(5)6/h9-11,15H,5-8,12H2,1-4H3,(H,18,21);(H,3,4)(H,5,6). The Bertz CT molecular complexity index is 660. The highest BCUT2D eigenvalue weighted by Crippen LogP contribution is 2.21. The Hall–Kier alpha value is -2.81. The van der Waals surface area contributed by atoms with Gasteiger partial charge in [-0.15, -0.1) is 0 Å². The summed E-state index contributed by atoms with van der Waals surface area (Å²) >= 11 is 0. The lowest BCUT2D eigenvalue weighted by molar-refractivity contribution is -0.159. The Morgan fingerprint density at radius 1 is 1.14 bits per heavy atom. The summed E-state index contributed by atoms with van der Waals surface area (Å²) in [6.45, 7) is 7.06. The van der Waals surface area contributed by atoms with Crippen molar-refractivity contribution in [2.75, 3.05) is 40.3 Å². The number of aryl methyl sites for hydroxylation is 2. The molecular weight excluding hydrogens is 366 g/mol. The highest BCUT2D eigenvalue weighted by molar-refractivity contribution is 6.27. The number of urea groups is 1. The zero-order valence-electron chi connectivity index (χ0n) is 16.8. The van der Waals surface area contributed by atoms with Gasteiger partial charge in [0.1, 0.15) is 11.9 Å². The summed E-state index contributed by atoms with van der Waals surface area (Å²) in [7, 11) is 3.99. The molecule has 1 saturated heterocycles. The van der Waals surface area contributed by atoms with Gasteiger partial charge in [0.15, 0.2) is 0 Å². The third-order valence-electron chi connectivity index (χ3n) is 3.95. The number of carbonyl (C=O) groups is 3. The Kier molecular flexibility index (Phi) is 9.23. The predicted octanol–water partition coefficient (Wildman–Crippen LogP) is 1.18. The molecule has 0 saturated carbocycles. The quantitative estimate of drug-likeness (QED) is 0.641. The van der Waals surface area contributed by atoms with Gasteiger partial charge < -0.3 is 30.1 Å². The van der Waals surface area contributed by atoms with E-state index in [1.807, 2.05) is 31.1 Å². The summed E-state index contributed by atoms with van der Waals surface area (Å²) in [5.74, 6) is -2.75. The Morgan fingerprint density at radius 2 is 1.71 bits per heavy atom. The van der Waals surface area contributed by atoms with Crippen molar-refractivity contribution in [1.29, 1.82) is 0 Å². The molecular formula is C19H29N3O6. The first kappa shape index (κ1) is 23.2. The minimum absolute atomic E-state index is 0.00775. The van der Waals surface area contributed by atoms with Crippen LogP contribution in [-0.2, 0) is 9.59 Å². The van der Waals surface area contributed by atoms with Gasteiger partial charge in [-0.25, -0.2) is 14.4 Å². The molecule has 0 aromatic heterocycles. The van der Waals surface area contributed by atoms with Gasteiger partial charge in [0, 0.05) is 26.1 Å². The maximum Gasteiger partial charge on any atom is 0.414 e. The summed E-state index contributed by atoms with van der Waals surface area (Å²) < 4.78 is 6.03. The first-order valence-corrected chi connectivity index (χ1v) is 8.97. The van der Waals surface area contributed by atoms with E-state index in [9.17, 15) is 4.79 Å². The van der Waals surface area contributed by atoms with Gasteiger partial charge in [0.05, 0.1) is 6.54 Å². The van der Waals surface area contributed by atoms with Crippen molar-refractivity contribution in [3.63, 3.8) is 0 Å². The average molecular weight is 395 g/mol. The van der Waals surface area contributed by atoms with E-state index in [1.54, 1.807) is 0 Å². The molecule has 2 rings (SSSR count). The molecule has 0 aliphatic carbocycles. The van der Waals surface area contributed by atoms with Gasteiger partial charge >= 0.3 is 18.0 Å². The number of hydrogen-bond acceptors (Lipinski definition) is 5. The number of likely N-dealkylation sites (tertiary alicyclic amines) is 1. The molecule has 1 heterocycles. The fourth-order valence-corrected chi connectivity index (χ4v) is 2.70. The molecule has 1 aromatic rings. The highest BCUT2D eigenvalue weighted by atomic mass is 16.5. The van der Waals surface area contributed by atoms with E-state index in [0.717, 1.165) is 25.3 Å². The Labute approximate surface area is 164 Å². The zero-order valence-corrected chi connectivity index (χ0v) is 16.8. The van der Waals surface area contributed by atoms with Gasteiger partial charge in [-0.3, -0.25) is 0 Å². The summed E-state index contributed by atoms with van der Waals surface area (Å²) in [5, 5.41) is 17.7. The molecule has 1 atom stereocenters. The summed E-state index contributed by atoms with van der Waals surface area (Å²) in [5.41, 5.74) is 2.40. The fourth-order valence-electron chi connectivity index (χ4n) is 2.70. The smallest absolute Gasteiger partial charge is 0.414 e. The van der Waals surface area contributed by atoms with Crippen LogP contribution in [0.15, 0.2) is 18.2 Å². The maximum atomic E-state index is 12.1. The van der Waals surface area contributed by atoms with Gasteiger partial charge in [-0.1, -0.05) is 6.07 Å². The molecule has 1 unspecified atom stereocenters. The van der Waals surface area contributed by atoms with Gasteiger partial charge in [0.2, 0.25) is 0 Å². The van der Waals surface area contributed by atoms with E-state index < -0.39 is 11.9 Å². The van der Waals surface area contributed by atoms with Gasteiger partial charge in [0.25, 0.3) is 0 Å². The lowest BCUT2D eigenvalue weighted by atomic mass is 10.1. The Balaban J connectivity index is 0.000000568. The zero-order chi connectivity index (χ0) is 21.3. The second kappa shape index (κ2) is 11.1. The van der Waals surface area contributed by atoms with E-state index in [-0.39, 0.29) is 12.1 Å². The SMILES string of the molecule is Cc1cc(C)cc(OC2CCN(C(=O)NCCN(C)C)C2)c1.O=C(O)C(=O)O. The molecule has 156 valence electrons. The Morgan fingerprint density at radius 3 is 2.21 bits per heavy atom. The van der Waals surface area contributed by atoms with Crippen LogP contribution >= 0.6 is 0 Å². The second-order valence-electron chi connectivity index (χ2n) is 6.94. The first-order valence-electron chi connectivity index (χ1n) is 8.97. The molecule has 0 radical (unpaired) electrons. The number of nitrogens with one attached hydrogen (secondary N) is 1. The average Bonchev–Trinajstić information content (AvgIpc) is 3.02. The minimum atomic E-state index is -1.82. The molecule has 1 aromatic carbocycles. The van der Waals surface area contributed by atoms with E-state index in [4.69, 9.17) is 24.5 Å². The molecule has 1 aliphatic rings. The third kappa shape index (κ3) is 8.72. The number of carbonyl (C=O) groups excluding carboxylic acids is 1. The number of aliphatic carboxylic acids is 2. The number of rotatable bonds is 5. The summed E-state index contributed by atoms with van der Waals surface area (Å²) in [4.78, 5) is 34.2. The van der Waals surface area contributed by atoms with Crippen molar-refractivity contribution in [2.45, 2.75) is 26.4 Å². The van der Waals surface area contributed by atoms with E-state index in [2.05, 4.69) is 30.1 Å². The molecule has 9 nitrogen and oxygen atoms in total. The summed E-state index contributed by atoms with van der Waals surface area (Å²) in [6, 6.07) is 6.24. The number of likely N-dealkylation sites (N-methyl/N-ethyl adjacent to an activating group) is 1. The van der Waals surface area contributed by atoms with E-state index in [0.29, 0.717) is 13.1 Å². The van der Waals surface area contributed by atoms with Crippen LogP contribution in [0.4, 0.5) is 4.79 Å². The van der Waals surface area contributed by atoms with E-state index in [1.165, 1.54) is 11.1 Å². The molecule has 1 aliphatic heterocycles. The lowest BCUT2D eigenvalue weighted by Gasteiger charge is -2.19.